The highest BCUT2D eigenvalue weighted by molar-refractivity contribution is 6.14. The van der Waals surface area contributed by atoms with Gasteiger partial charge in [-0.15, -0.1) is 0 Å². The van der Waals surface area contributed by atoms with Crippen molar-refractivity contribution in [1.82, 2.24) is 4.98 Å². The summed E-state index contributed by atoms with van der Waals surface area (Å²) in [5.74, 6) is 0.759. The summed E-state index contributed by atoms with van der Waals surface area (Å²) < 4.78 is 0. The van der Waals surface area contributed by atoms with Crippen molar-refractivity contribution in [2.75, 3.05) is 5.32 Å². The average Bonchev–Trinajstić information content (AvgIpc) is 2.60. The number of rotatable bonds is 3. The van der Waals surface area contributed by atoms with Crippen molar-refractivity contribution in [3.8, 4) is 0 Å². The first-order valence-corrected chi connectivity index (χ1v) is 7.87. The summed E-state index contributed by atoms with van der Waals surface area (Å²) in [4.78, 5) is 16.6. The molecule has 24 heavy (non-hydrogen) atoms. The van der Waals surface area contributed by atoms with Crippen molar-refractivity contribution < 1.29 is 4.79 Å². The van der Waals surface area contributed by atoms with Crippen LogP contribution >= 0.6 is 0 Å². The first kappa shape index (κ1) is 14.4. The number of hydrogen-bond acceptors (Lipinski definition) is 3. The lowest BCUT2D eigenvalue weighted by atomic mass is 9.96. The highest BCUT2D eigenvalue weighted by atomic mass is 16.1. The number of Topliss-reactive ketones (excluding diaryl/α,β-unsaturated/α-hetero) is 1. The Morgan fingerprint density at radius 1 is 0.875 bits per heavy atom. The van der Waals surface area contributed by atoms with E-state index in [1.807, 2.05) is 42.5 Å². The maximum absolute atomic E-state index is 12.3. The predicted octanol–water partition coefficient (Wildman–Crippen LogP) is 5.33. The Morgan fingerprint density at radius 3 is 2.33 bits per heavy atom. The highest BCUT2D eigenvalue weighted by Crippen LogP contribution is 2.31. The van der Waals surface area contributed by atoms with Crippen molar-refractivity contribution >= 4 is 38.8 Å². The standard InChI is InChI=1S/C21H16N2O/c1-14(24)21-18-13-16-7-3-2-6-15(16)12-17(18)9-10-19(21)23-20-8-4-5-11-22-20/h2-13H,1H3,(H,22,23). The lowest BCUT2D eigenvalue weighted by Gasteiger charge is -2.13. The van der Waals surface area contributed by atoms with Crippen LogP contribution in [-0.2, 0) is 0 Å². The second-order valence-electron chi connectivity index (χ2n) is 5.80. The molecule has 3 aromatic carbocycles. The molecule has 0 amide bonds. The number of ketones is 1. The third kappa shape index (κ3) is 2.50. The molecule has 0 unspecified atom stereocenters. The van der Waals surface area contributed by atoms with E-state index >= 15 is 0 Å². The van der Waals surface area contributed by atoms with E-state index in [-0.39, 0.29) is 5.78 Å². The topological polar surface area (TPSA) is 42.0 Å². The smallest absolute Gasteiger partial charge is 0.162 e. The Hall–Kier alpha value is -3.20. The van der Waals surface area contributed by atoms with Gasteiger partial charge in [-0.25, -0.2) is 4.98 Å². The Bertz CT molecular complexity index is 1060. The third-order valence-corrected chi connectivity index (χ3v) is 4.17. The van der Waals surface area contributed by atoms with Gasteiger partial charge in [0.2, 0.25) is 0 Å². The van der Waals surface area contributed by atoms with Crippen molar-refractivity contribution in [2.45, 2.75) is 6.92 Å². The monoisotopic (exact) mass is 312 g/mol. The molecule has 116 valence electrons. The summed E-state index contributed by atoms with van der Waals surface area (Å²) >= 11 is 0. The van der Waals surface area contributed by atoms with Crippen molar-refractivity contribution in [3.63, 3.8) is 0 Å². The number of fused-ring (bicyclic) bond motifs is 2. The molecule has 0 aliphatic carbocycles. The first-order chi connectivity index (χ1) is 11.7. The van der Waals surface area contributed by atoms with Crippen molar-refractivity contribution in [3.05, 3.63) is 78.5 Å². The van der Waals surface area contributed by atoms with E-state index in [1.54, 1.807) is 13.1 Å². The fourth-order valence-corrected chi connectivity index (χ4v) is 3.07. The van der Waals surface area contributed by atoms with E-state index in [0.717, 1.165) is 27.7 Å². The van der Waals surface area contributed by atoms with Crippen LogP contribution in [0.25, 0.3) is 21.5 Å². The van der Waals surface area contributed by atoms with Crippen molar-refractivity contribution in [2.24, 2.45) is 0 Å². The number of carbonyl (C=O) groups is 1. The summed E-state index contributed by atoms with van der Waals surface area (Å²) in [6.07, 6.45) is 1.73. The molecule has 0 radical (unpaired) electrons. The number of nitrogens with one attached hydrogen (secondary N) is 1. The van der Waals surface area contributed by atoms with Crippen LogP contribution in [0.1, 0.15) is 17.3 Å². The number of pyridine rings is 1. The van der Waals surface area contributed by atoms with Gasteiger partial charge in [0.05, 0.1) is 5.69 Å². The second kappa shape index (κ2) is 5.78. The Morgan fingerprint density at radius 2 is 1.62 bits per heavy atom. The SMILES string of the molecule is CC(=O)c1c(Nc2ccccn2)ccc2cc3ccccc3cc12. The third-order valence-electron chi connectivity index (χ3n) is 4.17. The van der Waals surface area contributed by atoms with Gasteiger partial charge in [-0.1, -0.05) is 36.4 Å². The van der Waals surface area contributed by atoms with Crippen LogP contribution in [0.2, 0.25) is 0 Å². The molecule has 0 aliphatic rings. The molecule has 0 atom stereocenters. The summed E-state index contributed by atoms with van der Waals surface area (Å²) in [6.45, 7) is 1.60. The summed E-state index contributed by atoms with van der Waals surface area (Å²) in [6, 6.07) is 22.1. The van der Waals surface area contributed by atoms with E-state index in [2.05, 4.69) is 34.6 Å². The maximum atomic E-state index is 12.3. The van der Waals surface area contributed by atoms with Crippen LogP contribution in [0.5, 0.6) is 0 Å². The minimum absolute atomic E-state index is 0.0364. The maximum Gasteiger partial charge on any atom is 0.162 e. The average molecular weight is 312 g/mol. The highest BCUT2D eigenvalue weighted by Gasteiger charge is 2.13. The van der Waals surface area contributed by atoms with Crippen LogP contribution in [0.4, 0.5) is 11.5 Å². The molecule has 0 bridgehead atoms. The summed E-state index contributed by atoms with van der Waals surface area (Å²) in [5, 5.41) is 7.58. The molecule has 0 saturated carbocycles. The van der Waals surface area contributed by atoms with E-state index in [0.29, 0.717) is 5.56 Å². The lowest BCUT2D eigenvalue weighted by Crippen LogP contribution is -2.02. The van der Waals surface area contributed by atoms with Crippen LogP contribution in [0.15, 0.2) is 72.9 Å². The molecule has 4 aromatic rings. The molecular weight excluding hydrogens is 296 g/mol. The molecule has 0 saturated heterocycles. The normalized spacial score (nSPS) is 10.9. The molecule has 0 fully saturated rings. The van der Waals surface area contributed by atoms with E-state index < -0.39 is 0 Å². The van der Waals surface area contributed by atoms with Gasteiger partial charge >= 0.3 is 0 Å². The lowest BCUT2D eigenvalue weighted by molar-refractivity contribution is 0.102. The molecule has 1 N–H and O–H groups in total. The molecular formula is C21H16N2O. The number of nitrogens with zero attached hydrogens (tertiary/aromatic N) is 1. The molecule has 4 rings (SSSR count). The Balaban J connectivity index is 1.95. The van der Waals surface area contributed by atoms with Gasteiger partial charge in [0.1, 0.15) is 5.82 Å². The fraction of sp³-hybridized carbons (Fsp3) is 0.0476. The minimum atomic E-state index is 0.0364. The van der Waals surface area contributed by atoms with Crippen LogP contribution in [-0.4, -0.2) is 10.8 Å². The molecule has 3 heteroatoms. The van der Waals surface area contributed by atoms with Gasteiger partial charge in [-0.2, -0.15) is 0 Å². The number of aromatic nitrogens is 1. The molecule has 0 spiro atoms. The first-order valence-electron chi connectivity index (χ1n) is 7.87. The quantitative estimate of drug-likeness (QED) is 0.410. The zero-order valence-electron chi connectivity index (χ0n) is 13.3. The number of carbonyl (C=O) groups excluding carboxylic acids is 1. The fourth-order valence-electron chi connectivity index (χ4n) is 3.07. The zero-order chi connectivity index (χ0) is 16.5. The number of anilines is 2. The number of benzene rings is 3. The largest absolute Gasteiger partial charge is 0.340 e. The Labute approximate surface area is 140 Å². The zero-order valence-corrected chi connectivity index (χ0v) is 13.3. The summed E-state index contributed by atoms with van der Waals surface area (Å²) in [7, 11) is 0. The summed E-state index contributed by atoms with van der Waals surface area (Å²) in [5.41, 5.74) is 1.48. The van der Waals surface area contributed by atoms with Gasteiger partial charge < -0.3 is 5.32 Å². The van der Waals surface area contributed by atoms with Crippen LogP contribution in [0, 0.1) is 0 Å². The van der Waals surface area contributed by atoms with Crippen LogP contribution < -0.4 is 5.32 Å². The van der Waals surface area contributed by atoms with Gasteiger partial charge in [0.15, 0.2) is 5.78 Å². The van der Waals surface area contributed by atoms with Gasteiger partial charge in [0, 0.05) is 11.8 Å². The van der Waals surface area contributed by atoms with Gasteiger partial charge in [-0.05, 0) is 58.8 Å². The van der Waals surface area contributed by atoms with Crippen LogP contribution in [0.3, 0.4) is 0 Å². The van der Waals surface area contributed by atoms with Gasteiger partial charge in [0.25, 0.3) is 0 Å². The minimum Gasteiger partial charge on any atom is -0.340 e. The van der Waals surface area contributed by atoms with E-state index in [4.69, 9.17) is 0 Å². The second-order valence-corrected chi connectivity index (χ2v) is 5.80. The van der Waals surface area contributed by atoms with Gasteiger partial charge in [-0.3, -0.25) is 4.79 Å². The molecule has 1 heterocycles. The molecule has 3 nitrogen and oxygen atoms in total. The molecule has 1 aromatic heterocycles. The van der Waals surface area contributed by atoms with Crippen molar-refractivity contribution in [1.29, 1.82) is 0 Å². The Kier molecular flexibility index (Phi) is 3.47. The number of hydrogen-bond donors (Lipinski definition) is 1. The molecule has 0 aliphatic heterocycles. The van der Waals surface area contributed by atoms with E-state index in [9.17, 15) is 4.79 Å². The predicted molar refractivity (Wildman–Crippen MR) is 99.0 cm³/mol. The van der Waals surface area contributed by atoms with E-state index in [1.165, 1.54) is 5.39 Å².